The highest BCUT2D eigenvalue weighted by atomic mass is 35.5. The second kappa shape index (κ2) is 6.11. The predicted molar refractivity (Wildman–Crippen MR) is 82.2 cm³/mol. The average molecular weight is 325 g/mol. The molecule has 5 nitrogen and oxygen atoms in total. The second-order valence-corrected chi connectivity index (χ2v) is 5.15. The van der Waals surface area contributed by atoms with Crippen LogP contribution in [0.2, 0.25) is 10.0 Å². The average Bonchev–Trinajstić information content (AvgIpc) is 2.42. The second-order valence-electron chi connectivity index (χ2n) is 4.31. The number of carbonyl (C=O) groups excluding carboxylic acids is 1. The highest BCUT2D eigenvalue weighted by molar-refractivity contribution is 6.33. The van der Waals surface area contributed by atoms with Gasteiger partial charge in [0.1, 0.15) is 10.6 Å². The van der Waals surface area contributed by atoms with E-state index in [2.05, 4.69) is 5.32 Å². The number of aryl methyl sites for hydroxylation is 1. The summed E-state index contributed by atoms with van der Waals surface area (Å²) in [6.45, 7) is 1.79. The van der Waals surface area contributed by atoms with Crippen molar-refractivity contribution in [3.8, 4) is 0 Å². The third kappa shape index (κ3) is 3.32. The van der Waals surface area contributed by atoms with Gasteiger partial charge < -0.3 is 5.32 Å². The van der Waals surface area contributed by atoms with Crippen molar-refractivity contribution in [3.05, 3.63) is 67.7 Å². The first-order valence-corrected chi connectivity index (χ1v) is 6.66. The summed E-state index contributed by atoms with van der Waals surface area (Å²) in [7, 11) is 0. The number of halogens is 2. The Kier molecular flexibility index (Phi) is 4.45. The highest BCUT2D eigenvalue weighted by Crippen LogP contribution is 2.29. The van der Waals surface area contributed by atoms with Gasteiger partial charge in [-0.25, -0.2) is 0 Å². The van der Waals surface area contributed by atoms with Crippen molar-refractivity contribution in [1.82, 2.24) is 0 Å². The van der Waals surface area contributed by atoms with Gasteiger partial charge in [0.2, 0.25) is 0 Å². The topological polar surface area (TPSA) is 72.2 Å². The maximum absolute atomic E-state index is 12.2. The number of hydrogen-bond acceptors (Lipinski definition) is 3. The molecule has 0 radical (unpaired) electrons. The van der Waals surface area contributed by atoms with Crippen LogP contribution < -0.4 is 5.32 Å². The van der Waals surface area contributed by atoms with E-state index >= 15 is 0 Å². The number of hydrogen-bond donors (Lipinski definition) is 1. The fraction of sp³-hybridized carbons (Fsp3) is 0.0714. The summed E-state index contributed by atoms with van der Waals surface area (Å²) in [5.41, 5.74) is 0.752. The zero-order valence-corrected chi connectivity index (χ0v) is 12.4. The number of para-hydroxylation sites is 1. The van der Waals surface area contributed by atoms with Crippen molar-refractivity contribution < 1.29 is 9.72 Å². The zero-order valence-electron chi connectivity index (χ0n) is 10.9. The molecule has 0 aliphatic heterocycles. The molecule has 0 saturated carbocycles. The molecule has 0 aliphatic rings. The molecule has 7 heteroatoms. The third-order valence-electron chi connectivity index (χ3n) is 2.86. The molecule has 1 N–H and O–H groups in total. The molecule has 0 spiro atoms. The van der Waals surface area contributed by atoms with Gasteiger partial charge in [-0.3, -0.25) is 14.9 Å². The van der Waals surface area contributed by atoms with Crippen molar-refractivity contribution in [2.24, 2.45) is 0 Å². The van der Waals surface area contributed by atoms with Crippen LogP contribution in [0, 0.1) is 17.0 Å². The molecule has 0 unspecified atom stereocenters. The van der Waals surface area contributed by atoms with E-state index in [1.54, 1.807) is 25.1 Å². The predicted octanol–water partition coefficient (Wildman–Crippen LogP) is 4.46. The normalized spacial score (nSPS) is 10.2. The van der Waals surface area contributed by atoms with E-state index in [9.17, 15) is 14.9 Å². The molecule has 108 valence electrons. The van der Waals surface area contributed by atoms with E-state index in [4.69, 9.17) is 23.2 Å². The Morgan fingerprint density at radius 2 is 1.95 bits per heavy atom. The molecule has 0 aliphatic carbocycles. The van der Waals surface area contributed by atoms with Crippen LogP contribution in [0.5, 0.6) is 0 Å². The zero-order chi connectivity index (χ0) is 15.6. The molecule has 2 rings (SSSR count). The molecular formula is C14H10Cl2N2O3. The minimum Gasteiger partial charge on any atom is -0.321 e. The van der Waals surface area contributed by atoms with Crippen LogP contribution in [-0.2, 0) is 0 Å². The van der Waals surface area contributed by atoms with Gasteiger partial charge in [0, 0.05) is 10.7 Å². The molecule has 0 saturated heterocycles. The molecule has 2 aromatic carbocycles. The summed E-state index contributed by atoms with van der Waals surface area (Å²) in [5, 5.41) is 14.0. The van der Waals surface area contributed by atoms with Gasteiger partial charge in [0.05, 0.1) is 4.92 Å². The van der Waals surface area contributed by atoms with Crippen molar-refractivity contribution in [3.63, 3.8) is 0 Å². The minimum absolute atomic E-state index is 0.0875. The monoisotopic (exact) mass is 324 g/mol. The maximum atomic E-state index is 12.2. The largest absolute Gasteiger partial charge is 0.321 e. The lowest BCUT2D eigenvalue weighted by atomic mass is 10.1. The quantitative estimate of drug-likeness (QED) is 0.669. The van der Waals surface area contributed by atoms with Gasteiger partial charge in [0.25, 0.3) is 5.91 Å². The van der Waals surface area contributed by atoms with E-state index in [0.717, 1.165) is 5.56 Å². The summed E-state index contributed by atoms with van der Waals surface area (Å²) < 4.78 is 0. The lowest BCUT2D eigenvalue weighted by Gasteiger charge is -2.09. The van der Waals surface area contributed by atoms with Crippen LogP contribution in [0.25, 0.3) is 0 Å². The van der Waals surface area contributed by atoms with E-state index in [1.807, 2.05) is 0 Å². The summed E-state index contributed by atoms with van der Waals surface area (Å²) >= 11 is 11.7. The number of nitrogens with one attached hydrogen (secondary N) is 1. The summed E-state index contributed by atoms with van der Waals surface area (Å²) in [6.07, 6.45) is 0. The van der Waals surface area contributed by atoms with Crippen LogP contribution in [0.3, 0.4) is 0 Å². The molecule has 21 heavy (non-hydrogen) atoms. The Morgan fingerprint density at radius 1 is 1.24 bits per heavy atom. The molecule has 2 aromatic rings. The fourth-order valence-corrected chi connectivity index (χ4v) is 2.22. The lowest BCUT2D eigenvalue weighted by Crippen LogP contribution is -2.14. The van der Waals surface area contributed by atoms with E-state index in [0.29, 0.717) is 10.7 Å². The number of rotatable bonds is 3. The van der Waals surface area contributed by atoms with Crippen molar-refractivity contribution in [2.45, 2.75) is 6.92 Å². The molecule has 0 fully saturated rings. The first-order valence-electron chi connectivity index (χ1n) is 5.90. The van der Waals surface area contributed by atoms with Crippen LogP contribution in [0.1, 0.15) is 15.9 Å². The van der Waals surface area contributed by atoms with E-state index < -0.39 is 16.5 Å². The van der Waals surface area contributed by atoms with Gasteiger partial charge >= 0.3 is 5.69 Å². The molecule has 0 bridgehead atoms. The first kappa shape index (κ1) is 15.3. The number of nitro benzene ring substituents is 1. The third-order valence-corrected chi connectivity index (χ3v) is 3.40. The molecule has 0 aromatic heterocycles. The Hall–Kier alpha value is -2.11. The van der Waals surface area contributed by atoms with Crippen molar-refractivity contribution >= 4 is 40.5 Å². The van der Waals surface area contributed by atoms with Crippen LogP contribution in [0.15, 0.2) is 36.4 Å². The van der Waals surface area contributed by atoms with Crippen LogP contribution in [0.4, 0.5) is 11.4 Å². The van der Waals surface area contributed by atoms with Crippen molar-refractivity contribution in [2.75, 3.05) is 5.32 Å². The maximum Gasteiger partial charge on any atom is 0.300 e. The Balaban J connectivity index is 2.40. The van der Waals surface area contributed by atoms with E-state index in [-0.39, 0.29) is 10.6 Å². The number of anilines is 1. The van der Waals surface area contributed by atoms with Gasteiger partial charge in [-0.1, -0.05) is 35.3 Å². The summed E-state index contributed by atoms with van der Waals surface area (Å²) in [6, 6.07) is 9.19. The molecular weight excluding hydrogens is 315 g/mol. The van der Waals surface area contributed by atoms with Gasteiger partial charge in [-0.05, 0) is 36.8 Å². The van der Waals surface area contributed by atoms with Gasteiger partial charge in [0.15, 0.2) is 0 Å². The lowest BCUT2D eigenvalue weighted by molar-refractivity contribution is -0.385. The number of carbonyl (C=O) groups is 1. The number of amides is 1. The SMILES string of the molecule is Cc1ccc(Cl)cc1NC(=O)c1cccc(Cl)c1[N+](=O)[O-]. The van der Waals surface area contributed by atoms with Gasteiger partial charge in [-0.2, -0.15) is 0 Å². The van der Waals surface area contributed by atoms with Crippen LogP contribution in [-0.4, -0.2) is 10.8 Å². The summed E-state index contributed by atoms with van der Waals surface area (Å²) in [5.74, 6) is -0.616. The van der Waals surface area contributed by atoms with Crippen LogP contribution >= 0.6 is 23.2 Å². The molecule has 1 amide bonds. The highest BCUT2D eigenvalue weighted by Gasteiger charge is 2.23. The Bertz CT molecular complexity index is 732. The smallest absolute Gasteiger partial charge is 0.300 e. The number of nitrogens with zero attached hydrogens (tertiary/aromatic N) is 1. The fourth-order valence-electron chi connectivity index (χ4n) is 1.80. The summed E-state index contributed by atoms with van der Waals surface area (Å²) in [4.78, 5) is 22.6. The first-order chi connectivity index (χ1) is 9.90. The Morgan fingerprint density at radius 3 is 2.62 bits per heavy atom. The van der Waals surface area contributed by atoms with E-state index in [1.165, 1.54) is 18.2 Å². The standard InChI is InChI=1S/C14H10Cl2N2O3/c1-8-5-6-9(15)7-12(8)17-14(19)10-3-2-4-11(16)13(10)18(20)21/h2-7H,1H3,(H,17,19). The van der Waals surface area contributed by atoms with Gasteiger partial charge in [-0.15, -0.1) is 0 Å². The van der Waals surface area contributed by atoms with Crippen molar-refractivity contribution in [1.29, 1.82) is 0 Å². The Labute approximate surface area is 130 Å². The number of nitro groups is 1. The molecule has 0 heterocycles. The minimum atomic E-state index is -0.678. The molecule has 0 atom stereocenters. The number of benzene rings is 2.